The topological polar surface area (TPSA) is 12.0 Å². The molecule has 0 saturated heterocycles. The van der Waals surface area contributed by atoms with E-state index in [0.29, 0.717) is 11.8 Å². The Morgan fingerprint density at radius 1 is 1.24 bits per heavy atom. The highest BCUT2D eigenvalue weighted by Crippen LogP contribution is 2.18. The molecule has 0 aliphatic rings. The van der Waals surface area contributed by atoms with E-state index >= 15 is 0 Å². The first-order valence-electron chi connectivity index (χ1n) is 6.53. The molecular weight excluding hydrogens is 213 g/mol. The lowest BCUT2D eigenvalue weighted by molar-refractivity contribution is 0.365. The molecule has 96 valence electrons. The van der Waals surface area contributed by atoms with Gasteiger partial charge in [-0.2, -0.15) is 0 Å². The fourth-order valence-corrected chi connectivity index (χ4v) is 1.79. The molecule has 2 unspecified atom stereocenters. The molecule has 2 atom stereocenters. The van der Waals surface area contributed by atoms with Crippen molar-refractivity contribution in [3.8, 4) is 0 Å². The minimum absolute atomic E-state index is 0.153. The van der Waals surface area contributed by atoms with Gasteiger partial charge in [-0.1, -0.05) is 39.8 Å². The summed E-state index contributed by atoms with van der Waals surface area (Å²) >= 11 is 0. The van der Waals surface area contributed by atoms with E-state index in [1.165, 1.54) is 6.07 Å². The Morgan fingerprint density at radius 3 is 2.47 bits per heavy atom. The van der Waals surface area contributed by atoms with Crippen LogP contribution < -0.4 is 5.32 Å². The van der Waals surface area contributed by atoms with Gasteiger partial charge >= 0.3 is 0 Å². The Labute approximate surface area is 104 Å². The Morgan fingerprint density at radius 2 is 1.94 bits per heavy atom. The molecule has 1 N–H and O–H groups in total. The first-order chi connectivity index (χ1) is 8.04. The second-order valence-corrected chi connectivity index (χ2v) is 5.15. The summed E-state index contributed by atoms with van der Waals surface area (Å²) < 4.78 is 13.2. The summed E-state index contributed by atoms with van der Waals surface area (Å²) in [6.07, 6.45) is 0.980. The highest BCUT2D eigenvalue weighted by molar-refractivity contribution is 5.20. The lowest BCUT2D eigenvalue weighted by Crippen LogP contribution is -2.28. The molecule has 0 fully saturated rings. The Balaban J connectivity index is 2.60. The third-order valence-electron chi connectivity index (χ3n) is 3.48. The molecule has 1 aromatic rings. The van der Waals surface area contributed by atoms with Crippen LogP contribution in [0.25, 0.3) is 0 Å². The molecule has 1 rings (SSSR count). The van der Waals surface area contributed by atoms with E-state index in [-0.39, 0.29) is 11.9 Å². The predicted molar refractivity (Wildman–Crippen MR) is 71.4 cm³/mol. The van der Waals surface area contributed by atoms with Crippen molar-refractivity contribution < 1.29 is 4.39 Å². The first-order valence-corrected chi connectivity index (χ1v) is 6.53. The molecule has 0 heterocycles. The second-order valence-electron chi connectivity index (χ2n) is 5.15. The molecule has 0 amide bonds. The molecule has 1 nitrogen and oxygen atoms in total. The van der Waals surface area contributed by atoms with Crippen molar-refractivity contribution in [2.45, 2.75) is 40.2 Å². The highest BCUT2D eigenvalue weighted by Gasteiger charge is 2.12. The summed E-state index contributed by atoms with van der Waals surface area (Å²) in [5.41, 5.74) is 1.04. The zero-order chi connectivity index (χ0) is 12.8. The average molecular weight is 237 g/mol. The van der Waals surface area contributed by atoms with E-state index in [4.69, 9.17) is 0 Å². The Hall–Kier alpha value is -0.890. The van der Waals surface area contributed by atoms with Gasteiger partial charge in [0, 0.05) is 6.04 Å². The summed E-state index contributed by atoms with van der Waals surface area (Å²) in [6, 6.07) is 7.14. The summed E-state index contributed by atoms with van der Waals surface area (Å²) in [5, 5.41) is 3.53. The van der Waals surface area contributed by atoms with E-state index in [9.17, 15) is 4.39 Å². The van der Waals surface area contributed by atoms with E-state index in [1.807, 2.05) is 6.07 Å². The van der Waals surface area contributed by atoms with Crippen LogP contribution in [0.1, 0.15) is 45.7 Å². The van der Waals surface area contributed by atoms with Crippen LogP contribution in [0, 0.1) is 17.7 Å². The van der Waals surface area contributed by atoms with Crippen LogP contribution in [0.2, 0.25) is 0 Å². The zero-order valence-electron chi connectivity index (χ0n) is 11.3. The highest BCUT2D eigenvalue weighted by atomic mass is 19.1. The molecule has 1 aromatic carbocycles. The molecule has 0 aromatic heterocycles. The van der Waals surface area contributed by atoms with Crippen molar-refractivity contribution in [3.05, 3.63) is 35.6 Å². The smallest absolute Gasteiger partial charge is 0.123 e. The second kappa shape index (κ2) is 6.75. The molecule has 0 aliphatic heterocycles. The van der Waals surface area contributed by atoms with Gasteiger partial charge in [-0.3, -0.25) is 0 Å². The number of hydrogen-bond acceptors (Lipinski definition) is 1. The molecule has 0 aliphatic carbocycles. The fourth-order valence-electron chi connectivity index (χ4n) is 1.79. The van der Waals surface area contributed by atoms with Gasteiger partial charge in [-0.25, -0.2) is 4.39 Å². The number of halogens is 1. The molecule has 0 saturated carbocycles. The van der Waals surface area contributed by atoms with Gasteiger partial charge in [0.15, 0.2) is 0 Å². The SMILES string of the molecule is CCC(NCC(C)C(C)C)c1cccc(F)c1. The summed E-state index contributed by atoms with van der Waals surface area (Å²) in [7, 11) is 0. The third kappa shape index (κ3) is 4.47. The van der Waals surface area contributed by atoms with Crippen molar-refractivity contribution in [1.29, 1.82) is 0 Å². The number of hydrogen-bond donors (Lipinski definition) is 1. The fraction of sp³-hybridized carbons (Fsp3) is 0.600. The van der Waals surface area contributed by atoms with Crippen LogP contribution in [0.15, 0.2) is 24.3 Å². The minimum Gasteiger partial charge on any atom is -0.310 e. The van der Waals surface area contributed by atoms with Crippen LogP contribution in [0.5, 0.6) is 0 Å². The Bertz CT molecular complexity index is 335. The van der Waals surface area contributed by atoms with Gasteiger partial charge in [0.25, 0.3) is 0 Å². The van der Waals surface area contributed by atoms with E-state index in [2.05, 4.69) is 33.0 Å². The van der Waals surface area contributed by atoms with Crippen LogP contribution >= 0.6 is 0 Å². The quantitative estimate of drug-likeness (QED) is 0.783. The van der Waals surface area contributed by atoms with Crippen LogP contribution in [0.4, 0.5) is 4.39 Å². The lowest BCUT2D eigenvalue weighted by Gasteiger charge is -2.22. The standard InChI is InChI=1S/C15H24FN/c1-5-15(17-10-12(4)11(2)3)13-7-6-8-14(16)9-13/h6-9,11-12,15,17H,5,10H2,1-4H3. The van der Waals surface area contributed by atoms with Crippen molar-refractivity contribution in [1.82, 2.24) is 5.32 Å². The van der Waals surface area contributed by atoms with Gasteiger partial charge in [-0.05, 0) is 42.5 Å². The van der Waals surface area contributed by atoms with Crippen molar-refractivity contribution in [2.75, 3.05) is 6.54 Å². The first kappa shape index (κ1) is 14.2. The van der Waals surface area contributed by atoms with Crippen LogP contribution in [-0.2, 0) is 0 Å². The molecule has 0 spiro atoms. The van der Waals surface area contributed by atoms with E-state index in [1.54, 1.807) is 12.1 Å². The van der Waals surface area contributed by atoms with Crippen molar-refractivity contribution in [2.24, 2.45) is 11.8 Å². The number of benzene rings is 1. The third-order valence-corrected chi connectivity index (χ3v) is 3.48. The van der Waals surface area contributed by atoms with Gasteiger partial charge in [-0.15, -0.1) is 0 Å². The van der Waals surface area contributed by atoms with E-state index < -0.39 is 0 Å². The molecule has 0 bridgehead atoms. The molecule has 2 heteroatoms. The maximum atomic E-state index is 13.2. The lowest BCUT2D eigenvalue weighted by atomic mass is 9.97. The van der Waals surface area contributed by atoms with Crippen LogP contribution in [0.3, 0.4) is 0 Å². The normalized spacial score (nSPS) is 14.9. The Kier molecular flexibility index (Phi) is 5.63. The molecule has 0 radical (unpaired) electrons. The maximum absolute atomic E-state index is 13.2. The minimum atomic E-state index is -0.153. The van der Waals surface area contributed by atoms with E-state index in [0.717, 1.165) is 18.5 Å². The summed E-state index contributed by atoms with van der Waals surface area (Å²) in [5.74, 6) is 1.16. The van der Waals surface area contributed by atoms with Crippen molar-refractivity contribution in [3.63, 3.8) is 0 Å². The molecular formula is C15H24FN. The van der Waals surface area contributed by atoms with Gasteiger partial charge in [0.2, 0.25) is 0 Å². The molecule has 17 heavy (non-hydrogen) atoms. The largest absolute Gasteiger partial charge is 0.310 e. The van der Waals surface area contributed by atoms with Crippen LogP contribution in [-0.4, -0.2) is 6.54 Å². The maximum Gasteiger partial charge on any atom is 0.123 e. The number of rotatable bonds is 6. The predicted octanol–water partition coefficient (Wildman–Crippen LogP) is 4.16. The summed E-state index contributed by atoms with van der Waals surface area (Å²) in [4.78, 5) is 0. The number of nitrogens with one attached hydrogen (secondary N) is 1. The van der Waals surface area contributed by atoms with Crippen molar-refractivity contribution >= 4 is 0 Å². The van der Waals surface area contributed by atoms with Gasteiger partial charge in [0.1, 0.15) is 5.82 Å². The summed E-state index contributed by atoms with van der Waals surface area (Å²) in [6.45, 7) is 9.82. The monoisotopic (exact) mass is 237 g/mol. The van der Waals surface area contributed by atoms with Gasteiger partial charge < -0.3 is 5.32 Å². The average Bonchev–Trinajstić information content (AvgIpc) is 2.29. The zero-order valence-corrected chi connectivity index (χ0v) is 11.3. The van der Waals surface area contributed by atoms with Gasteiger partial charge in [0.05, 0.1) is 0 Å².